The van der Waals surface area contributed by atoms with Crippen molar-refractivity contribution in [1.82, 2.24) is 0 Å². The number of carbonyl (C=O) groups excluding carboxylic acids is 2. The van der Waals surface area contributed by atoms with E-state index in [9.17, 15) is 9.59 Å². The Balaban J connectivity index is 2.52. The van der Waals surface area contributed by atoms with Gasteiger partial charge in [-0.05, 0) is 26.8 Å². The zero-order valence-electron chi connectivity index (χ0n) is 12.8. The highest BCUT2D eigenvalue weighted by atomic mass is 28.4. The smallest absolute Gasteiger partial charge is 0.374 e. The maximum absolute atomic E-state index is 11.7. The molecule has 1 heterocycles. The molecule has 1 fully saturated rings. The molecule has 5 nitrogen and oxygen atoms in total. The SMILES string of the molecule is CCO[Si](CCC[SiH]1C(=O)CCC1=O)(OCC)OCC. The number of hydrogen-bond acceptors (Lipinski definition) is 5. The zero-order chi connectivity index (χ0) is 15.0. The largest absolute Gasteiger partial charge is 0.500 e. The number of carbonyl (C=O) groups is 2. The van der Waals surface area contributed by atoms with E-state index in [1.54, 1.807) is 0 Å². The van der Waals surface area contributed by atoms with Gasteiger partial charge in [-0.2, -0.15) is 0 Å². The maximum Gasteiger partial charge on any atom is 0.500 e. The van der Waals surface area contributed by atoms with E-state index in [1.165, 1.54) is 0 Å². The third kappa shape index (κ3) is 4.89. The molecular weight excluding hydrogens is 292 g/mol. The Morgan fingerprint density at radius 3 is 1.80 bits per heavy atom. The molecule has 0 aliphatic carbocycles. The molecule has 0 atom stereocenters. The van der Waals surface area contributed by atoms with Crippen LogP contribution in [0.15, 0.2) is 0 Å². The summed E-state index contributed by atoms with van der Waals surface area (Å²) in [5.74, 6) is 0. The molecule has 0 aromatic rings. The van der Waals surface area contributed by atoms with Crippen LogP contribution in [0.3, 0.4) is 0 Å². The quantitative estimate of drug-likeness (QED) is 0.573. The predicted octanol–water partition coefficient (Wildman–Crippen LogP) is 1.66. The molecule has 0 unspecified atom stereocenters. The molecule has 0 spiro atoms. The van der Waals surface area contributed by atoms with Gasteiger partial charge in [0.25, 0.3) is 0 Å². The van der Waals surface area contributed by atoms with Gasteiger partial charge in [0.2, 0.25) is 0 Å². The van der Waals surface area contributed by atoms with Crippen LogP contribution in [-0.4, -0.2) is 48.2 Å². The predicted molar refractivity (Wildman–Crippen MR) is 81.3 cm³/mol. The molecule has 1 aliphatic rings. The van der Waals surface area contributed by atoms with Gasteiger partial charge in [-0.1, -0.05) is 6.42 Å². The van der Waals surface area contributed by atoms with Gasteiger partial charge in [-0.3, -0.25) is 0 Å². The average Bonchev–Trinajstić information content (AvgIpc) is 2.71. The van der Waals surface area contributed by atoms with Crippen LogP contribution in [0.1, 0.15) is 40.0 Å². The van der Waals surface area contributed by atoms with Crippen LogP contribution >= 0.6 is 0 Å². The molecule has 0 amide bonds. The van der Waals surface area contributed by atoms with Gasteiger partial charge in [-0.15, -0.1) is 0 Å². The average molecular weight is 319 g/mol. The molecule has 7 heteroatoms. The minimum atomic E-state index is -2.61. The fraction of sp³-hybridized carbons (Fsp3) is 0.846. The van der Waals surface area contributed by atoms with Crippen LogP contribution in [0, 0.1) is 0 Å². The van der Waals surface area contributed by atoms with Gasteiger partial charge in [-0.25, -0.2) is 0 Å². The molecule has 0 saturated carbocycles. The Morgan fingerprint density at radius 2 is 1.40 bits per heavy atom. The van der Waals surface area contributed by atoms with Crippen LogP contribution in [0.4, 0.5) is 0 Å². The topological polar surface area (TPSA) is 61.8 Å². The lowest BCUT2D eigenvalue weighted by Crippen LogP contribution is -2.46. The molecule has 0 bridgehead atoms. The van der Waals surface area contributed by atoms with Crippen LogP contribution in [0.25, 0.3) is 0 Å². The summed E-state index contributed by atoms with van der Waals surface area (Å²) in [5.41, 5.74) is 0. The Kier molecular flexibility index (Phi) is 7.82. The maximum atomic E-state index is 11.7. The summed E-state index contributed by atoms with van der Waals surface area (Å²) >= 11 is 0. The van der Waals surface area contributed by atoms with E-state index in [4.69, 9.17) is 13.3 Å². The molecular formula is C13H26O5Si2. The van der Waals surface area contributed by atoms with Crippen molar-refractivity contribution in [3.05, 3.63) is 0 Å². The van der Waals surface area contributed by atoms with Crippen LogP contribution in [0.5, 0.6) is 0 Å². The molecule has 1 aliphatic heterocycles. The van der Waals surface area contributed by atoms with E-state index < -0.39 is 17.6 Å². The van der Waals surface area contributed by atoms with E-state index in [1.807, 2.05) is 20.8 Å². The van der Waals surface area contributed by atoms with E-state index >= 15 is 0 Å². The molecule has 116 valence electrons. The summed E-state index contributed by atoms with van der Waals surface area (Å²) in [6.45, 7) is 7.47. The van der Waals surface area contributed by atoms with Gasteiger partial charge in [0.1, 0.15) is 10.8 Å². The van der Waals surface area contributed by atoms with Gasteiger partial charge in [0.15, 0.2) is 8.80 Å². The van der Waals surface area contributed by atoms with E-state index in [0.717, 1.165) is 12.5 Å². The van der Waals surface area contributed by atoms with Crippen molar-refractivity contribution in [3.8, 4) is 0 Å². The zero-order valence-corrected chi connectivity index (χ0v) is 14.9. The van der Waals surface area contributed by atoms with Crippen LogP contribution in [-0.2, 0) is 22.9 Å². The van der Waals surface area contributed by atoms with Crippen molar-refractivity contribution < 1.29 is 22.9 Å². The Morgan fingerprint density at radius 1 is 0.950 bits per heavy atom. The van der Waals surface area contributed by atoms with Crippen LogP contribution in [0.2, 0.25) is 12.1 Å². The van der Waals surface area contributed by atoms with E-state index in [2.05, 4.69) is 0 Å². The lowest BCUT2D eigenvalue weighted by atomic mass is 10.4. The van der Waals surface area contributed by atoms with E-state index in [-0.39, 0.29) is 10.8 Å². The fourth-order valence-electron chi connectivity index (χ4n) is 2.62. The molecule has 0 aromatic heterocycles. The first-order valence-corrected chi connectivity index (χ1v) is 11.5. The summed E-state index contributed by atoms with van der Waals surface area (Å²) in [6, 6.07) is 1.44. The second kappa shape index (κ2) is 8.83. The van der Waals surface area contributed by atoms with Crippen molar-refractivity contribution >= 4 is 28.4 Å². The lowest BCUT2D eigenvalue weighted by Gasteiger charge is -2.28. The van der Waals surface area contributed by atoms with E-state index in [0.29, 0.717) is 38.7 Å². The molecule has 1 rings (SSSR count). The molecule has 20 heavy (non-hydrogen) atoms. The summed E-state index contributed by atoms with van der Waals surface area (Å²) in [4.78, 5) is 23.4. The normalized spacial score (nSPS) is 17.1. The molecule has 0 N–H and O–H groups in total. The number of rotatable bonds is 10. The summed E-state index contributed by atoms with van der Waals surface area (Å²) < 4.78 is 17.3. The van der Waals surface area contributed by atoms with Gasteiger partial charge in [0.05, 0.1) is 0 Å². The molecule has 1 saturated heterocycles. The Labute approximate surface area is 124 Å². The fourth-order valence-corrected chi connectivity index (χ4v) is 8.27. The summed E-state index contributed by atoms with van der Waals surface area (Å²) in [6.07, 6.45) is 1.74. The van der Waals surface area contributed by atoms with Crippen molar-refractivity contribution in [2.45, 2.75) is 52.1 Å². The first-order valence-electron chi connectivity index (χ1n) is 7.55. The number of hydrogen-bond donors (Lipinski definition) is 0. The molecule has 0 radical (unpaired) electrons. The van der Waals surface area contributed by atoms with Crippen molar-refractivity contribution in [1.29, 1.82) is 0 Å². The molecule has 0 aromatic carbocycles. The van der Waals surface area contributed by atoms with Gasteiger partial charge < -0.3 is 22.9 Å². The second-order valence-electron chi connectivity index (χ2n) is 4.86. The Hall–Kier alpha value is -0.346. The summed E-state index contributed by atoms with van der Waals surface area (Å²) in [5, 5.41) is 0.456. The Bertz CT molecular complexity index is 302. The van der Waals surface area contributed by atoms with Crippen molar-refractivity contribution in [3.63, 3.8) is 0 Å². The summed E-state index contributed by atoms with van der Waals surface area (Å²) in [7, 11) is -4.45. The first-order chi connectivity index (χ1) is 9.58. The second-order valence-corrected chi connectivity index (χ2v) is 10.6. The van der Waals surface area contributed by atoms with Gasteiger partial charge in [0, 0.05) is 38.7 Å². The minimum Gasteiger partial charge on any atom is -0.374 e. The third-order valence-electron chi connectivity index (χ3n) is 3.46. The van der Waals surface area contributed by atoms with Crippen molar-refractivity contribution in [2.75, 3.05) is 19.8 Å². The highest BCUT2D eigenvalue weighted by Crippen LogP contribution is 2.22. The highest BCUT2D eigenvalue weighted by Gasteiger charge is 2.41. The minimum absolute atomic E-state index is 0.228. The first kappa shape index (κ1) is 17.7. The monoisotopic (exact) mass is 318 g/mol. The third-order valence-corrected chi connectivity index (χ3v) is 9.73. The standard InChI is InChI=1S/C13H26O5Si2/c1-4-16-20(17-5-2,18-6-3)11-7-10-19-12(14)8-9-13(19)15/h19H,4-11H2,1-3H3. The van der Waals surface area contributed by atoms with Crippen molar-refractivity contribution in [2.24, 2.45) is 0 Å². The highest BCUT2D eigenvalue weighted by molar-refractivity contribution is 7.12. The van der Waals surface area contributed by atoms with Gasteiger partial charge >= 0.3 is 8.80 Å². The van der Waals surface area contributed by atoms with Crippen LogP contribution < -0.4 is 0 Å². The lowest BCUT2D eigenvalue weighted by molar-refractivity contribution is -0.112.